The number of aryl methyl sites for hydroxylation is 1. The molecule has 5 heteroatoms. The van der Waals surface area contributed by atoms with E-state index in [4.69, 9.17) is 0 Å². The molecule has 4 aromatic rings. The van der Waals surface area contributed by atoms with Crippen molar-refractivity contribution in [1.29, 1.82) is 0 Å². The van der Waals surface area contributed by atoms with Crippen molar-refractivity contribution >= 4 is 44.0 Å². The molecule has 0 saturated heterocycles. The number of amides is 1. The number of aromatic nitrogens is 1. The molecule has 4 nitrogen and oxygen atoms in total. The summed E-state index contributed by atoms with van der Waals surface area (Å²) in [4.78, 5) is 17.4. The quantitative estimate of drug-likeness (QED) is 0.468. The number of para-hydroxylation sites is 2. The summed E-state index contributed by atoms with van der Waals surface area (Å²) in [5.41, 5.74) is 5.60. The van der Waals surface area contributed by atoms with Crippen LogP contribution in [-0.4, -0.2) is 10.9 Å². The van der Waals surface area contributed by atoms with E-state index in [2.05, 4.69) is 35.5 Å². The monoisotopic (exact) mass is 373 g/mol. The number of anilines is 3. The third-order valence-electron chi connectivity index (χ3n) is 4.56. The summed E-state index contributed by atoms with van der Waals surface area (Å²) < 4.78 is 1.05. The lowest BCUT2D eigenvalue weighted by atomic mass is 10.1. The second-order valence-electron chi connectivity index (χ2n) is 6.36. The number of benzene rings is 3. The first kappa shape index (κ1) is 17.2. The maximum absolute atomic E-state index is 12.9. The van der Waals surface area contributed by atoms with E-state index < -0.39 is 0 Å². The molecule has 1 amide bonds. The molecule has 0 aliphatic carbocycles. The number of thiazole rings is 1. The van der Waals surface area contributed by atoms with Gasteiger partial charge in [0.05, 0.1) is 21.5 Å². The van der Waals surface area contributed by atoms with E-state index in [0.717, 1.165) is 21.6 Å². The van der Waals surface area contributed by atoms with E-state index in [9.17, 15) is 4.79 Å². The van der Waals surface area contributed by atoms with Gasteiger partial charge in [-0.1, -0.05) is 47.7 Å². The summed E-state index contributed by atoms with van der Waals surface area (Å²) in [6.07, 6.45) is 0. The van der Waals surface area contributed by atoms with E-state index >= 15 is 0 Å². The first-order valence-corrected chi connectivity index (χ1v) is 9.52. The first-order valence-electron chi connectivity index (χ1n) is 8.71. The largest absolute Gasteiger partial charge is 0.355 e. The SMILES string of the molecule is Cc1cccc(Nc2ccccc2C(=O)Nc2nc3ccccc3s2)c1C. The summed E-state index contributed by atoms with van der Waals surface area (Å²) in [5.74, 6) is -0.178. The fourth-order valence-electron chi connectivity index (χ4n) is 2.91. The lowest BCUT2D eigenvalue weighted by molar-refractivity contribution is 0.102. The summed E-state index contributed by atoms with van der Waals surface area (Å²) in [5, 5.41) is 6.93. The van der Waals surface area contributed by atoms with Gasteiger partial charge in [0.25, 0.3) is 5.91 Å². The van der Waals surface area contributed by atoms with Crippen molar-refractivity contribution in [1.82, 2.24) is 4.98 Å². The molecule has 0 spiro atoms. The topological polar surface area (TPSA) is 54.0 Å². The molecule has 0 unspecified atom stereocenters. The summed E-state index contributed by atoms with van der Waals surface area (Å²) in [6.45, 7) is 4.15. The highest BCUT2D eigenvalue weighted by atomic mass is 32.1. The molecule has 134 valence electrons. The summed E-state index contributed by atoms with van der Waals surface area (Å²) in [7, 11) is 0. The standard InChI is InChI=1S/C22H19N3OS/c1-14-8-7-12-17(15(14)2)23-18-10-4-3-9-16(18)21(26)25-22-24-19-11-5-6-13-20(19)27-22/h3-13,23H,1-2H3,(H,24,25,26). The molecular formula is C22H19N3OS. The first-order chi connectivity index (χ1) is 13.1. The van der Waals surface area contributed by atoms with Crippen LogP contribution >= 0.6 is 11.3 Å². The Morgan fingerprint density at radius 2 is 1.63 bits per heavy atom. The number of carbonyl (C=O) groups is 1. The van der Waals surface area contributed by atoms with Crippen LogP contribution in [-0.2, 0) is 0 Å². The third-order valence-corrected chi connectivity index (χ3v) is 5.51. The number of nitrogens with zero attached hydrogens (tertiary/aromatic N) is 1. The second-order valence-corrected chi connectivity index (χ2v) is 7.39. The highest BCUT2D eigenvalue weighted by Gasteiger charge is 2.14. The van der Waals surface area contributed by atoms with Crippen molar-refractivity contribution in [2.75, 3.05) is 10.6 Å². The molecular weight excluding hydrogens is 354 g/mol. The summed E-state index contributed by atoms with van der Waals surface area (Å²) >= 11 is 1.47. The van der Waals surface area contributed by atoms with Crippen molar-refractivity contribution in [3.05, 3.63) is 83.4 Å². The van der Waals surface area contributed by atoms with Crippen molar-refractivity contribution in [3.63, 3.8) is 0 Å². The van der Waals surface area contributed by atoms with Gasteiger partial charge in [-0.05, 0) is 55.3 Å². The van der Waals surface area contributed by atoms with Crippen LogP contribution in [0.25, 0.3) is 10.2 Å². The van der Waals surface area contributed by atoms with E-state index in [0.29, 0.717) is 10.7 Å². The molecule has 0 aliphatic heterocycles. The molecule has 1 aromatic heterocycles. The molecule has 0 fully saturated rings. The van der Waals surface area contributed by atoms with E-state index in [1.165, 1.54) is 22.5 Å². The van der Waals surface area contributed by atoms with Crippen molar-refractivity contribution in [2.45, 2.75) is 13.8 Å². The zero-order chi connectivity index (χ0) is 18.8. The van der Waals surface area contributed by atoms with Crippen LogP contribution in [0.4, 0.5) is 16.5 Å². The van der Waals surface area contributed by atoms with Gasteiger partial charge in [-0.25, -0.2) is 4.98 Å². The molecule has 0 aliphatic rings. The predicted octanol–water partition coefficient (Wildman–Crippen LogP) is 5.91. The van der Waals surface area contributed by atoms with Crippen LogP contribution in [0.1, 0.15) is 21.5 Å². The highest BCUT2D eigenvalue weighted by Crippen LogP contribution is 2.28. The minimum absolute atomic E-state index is 0.178. The minimum atomic E-state index is -0.178. The highest BCUT2D eigenvalue weighted by molar-refractivity contribution is 7.22. The molecule has 0 bridgehead atoms. The predicted molar refractivity (Wildman–Crippen MR) is 113 cm³/mol. The van der Waals surface area contributed by atoms with E-state index in [1.807, 2.05) is 60.7 Å². The van der Waals surface area contributed by atoms with Crippen LogP contribution in [0, 0.1) is 13.8 Å². The smallest absolute Gasteiger partial charge is 0.259 e. The Kier molecular flexibility index (Phi) is 4.60. The van der Waals surface area contributed by atoms with Crippen molar-refractivity contribution in [3.8, 4) is 0 Å². The van der Waals surface area contributed by atoms with E-state index in [1.54, 1.807) is 0 Å². The van der Waals surface area contributed by atoms with Gasteiger partial charge in [0.15, 0.2) is 5.13 Å². The van der Waals surface area contributed by atoms with Crippen LogP contribution in [0.5, 0.6) is 0 Å². The molecule has 1 heterocycles. The fourth-order valence-corrected chi connectivity index (χ4v) is 3.77. The average molecular weight is 373 g/mol. The van der Waals surface area contributed by atoms with Gasteiger partial charge in [0.2, 0.25) is 0 Å². The number of hydrogen-bond acceptors (Lipinski definition) is 4. The summed E-state index contributed by atoms with van der Waals surface area (Å²) in [6, 6.07) is 21.5. The lowest BCUT2D eigenvalue weighted by Crippen LogP contribution is -2.13. The molecule has 27 heavy (non-hydrogen) atoms. The zero-order valence-electron chi connectivity index (χ0n) is 15.1. The Morgan fingerprint density at radius 3 is 2.48 bits per heavy atom. The van der Waals surface area contributed by atoms with Crippen LogP contribution < -0.4 is 10.6 Å². The number of nitrogens with one attached hydrogen (secondary N) is 2. The molecule has 2 N–H and O–H groups in total. The number of hydrogen-bond donors (Lipinski definition) is 2. The fraction of sp³-hybridized carbons (Fsp3) is 0.0909. The molecule has 0 atom stereocenters. The van der Waals surface area contributed by atoms with Gasteiger partial charge in [-0.15, -0.1) is 0 Å². The Labute approximate surface area is 161 Å². The van der Waals surface area contributed by atoms with Crippen LogP contribution in [0.2, 0.25) is 0 Å². The minimum Gasteiger partial charge on any atom is -0.355 e. The maximum Gasteiger partial charge on any atom is 0.259 e. The third kappa shape index (κ3) is 3.55. The van der Waals surface area contributed by atoms with Crippen molar-refractivity contribution < 1.29 is 4.79 Å². The van der Waals surface area contributed by atoms with Gasteiger partial charge in [0.1, 0.15) is 0 Å². The molecule has 0 saturated carbocycles. The number of carbonyl (C=O) groups excluding carboxylic acids is 1. The average Bonchev–Trinajstić information content (AvgIpc) is 3.08. The van der Waals surface area contributed by atoms with Crippen molar-refractivity contribution in [2.24, 2.45) is 0 Å². The zero-order valence-corrected chi connectivity index (χ0v) is 15.9. The lowest BCUT2D eigenvalue weighted by Gasteiger charge is -2.14. The Balaban J connectivity index is 1.61. The van der Waals surface area contributed by atoms with E-state index in [-0.39, 0.29) is 5.91 Å². The normalized spacial score (nSPS) is 10.7. The van der Waals surface area contributed by atoms with Gasteiger partial charge in [-0.2, -0.15) is 0 Å². The Hall–Kier alpha value is -3.18. The maximum atomic E-state index is 12.9. The Bertz CT molecular complexity index is 1100. The van der Waals surface area contributed by atoms with Gasteiger partial charge < -0.3 is 5.32 Å². The second kappa shape index (κ2) is 7.21. The number of fused-ring (bicyclic) bond motifs is 1. The van der Waals surface area contributed by atoms with Crippen LogP contribution in [0.3, 0.4) is 0 Å². The molecule has 3 aromatic carbocycles. The van der Waals surface area contributed by atoms with Gasteiger partial charge in [0, 0.05) is 5.69 Å². The molecule has 0 radical (unpaired) electrons. The van der Waals surface area contributed by atoms with Gasteiger partial charge >= 0.3 is 0 Å². The van der Waals surface area contributed by atoms with Crippen LogP contribution in [0.15, 0.2) is 66.7 Å². The van der Waals surface area contributed by atoms with Gasteiger partial charge in [-0.3, -0.25) is 10.1 Å². The molecule has 4 rings (SSSR count). The Morgan fingerprint density at radius 1 is 0.889 bits per heavy atom. The number of rotatable bonds is 4.